The van der Waals surface area contributed by atoms with Gasteiger partial charge in [-0.05, 0) is 56.0 Å². The minimum atomic E-state index is 0.611. The number of fused-ring (bicyclic) bond motifs is 1. The van der Waals surface area contributed by atoms with Gasteiger partial charge in [0, 0.05) is 44.6 Å². The third-order valence-corrected chi connectivity index (χ3v) is 6.25. The summed E-state index contributed by atoms with van der Waals surface area (Å²) >= 11 is 0. The molecule has 4 rings (SSSR count). The van der Waals surface area contributed by atoms with Crippen molar-refractivity contribution in [3.05, 3.63) is 41.5 Å². The van der Waals surface area contributed by atoms with E-state index >= 15 is 0 Å². The lowest BCUT2D eigenvalue weighted by Gasteiger charge is -2.41. The highest BCUT2D eigenvalue weighted by Crippen LogP contribution is 2.34. The van der Waals surface area contributed by atoms with E-state index in [0.717, 1.165) is 50.6 Å². The molecule has 0 saturated carbocycles. The van der Waals surface area contributed by atoms with Crippen molar-refractivity contribution in [2.24, 2.45) is 0 Å². The number of rotatable bonds is 6. The molecule has 1 aromatic carbocycles. The summed E-state index contributed by atoms with van der Waals surface area (Å²) in [6.07, 6.45) is 7.62. The summed E-state index contributed by atoms with van der Waals surface area (Å²) in [4.78, 5) is 9.80. The second-order valence-electron chi connectivity index (χ2n) is 7.86. The first kappa shape index (κ1) is 19.3. The number of hydrogen-bond acceptors (Lipinski definition) is 5. The standard InChI is InChI=1S/C22H32N4O2/c1-4-25-11-8-23-22(25)16-24-9-5-6-19(15-24)26-10-7-17-12-20(27-2)21(28-3)13-18(17)14-26/h8,11-13,19H,4-7,9-10,14-16H2,1-3H3. The topological polar surface area (TPSA) is 42.8 Å². The number of benzene rings is 1. The molecule has 1 fully saturated rings. The monoisotopic (exact) mass is 384 g/mol. The maximum absolute atomic E-state index is 5.52. The largest absolute Gasteiger partial charge is 0.493 e. The number of hydrogen-bond donors (Lipinski definition) is 0. The minimum absolute atomic E-state index is 0.611. The number of methoxy groups -OCH3 is 2. The fourth-order valence-corrected chi connectivity index (χ4v) is 4.67. The summed E-state index contributed by atoms with van der Waals surface area (Å²) in [5, 5.41) is 0. The Morgan fingerprint density at radius 1 is 1.11 bits per heavy atom. The fourth-order valence-electron chi connectivity index (χ4n) is 4.67. The average Bonchev–Trinajstić information content (AvgIpc) is 3.19. The lowest BCUT2D eigenvalue weighted by atomic mass is 9.95. The van der Waals surface area contributed by atoms with E-state index in [1.165, 1.54) is 36.3 Å². The Kier molecular flexibility index (Phi) is 5.87. The number of ether oxygens (including phenoxy) is 2. The van der Waals surface area contributed by atoms with Crippen molar-refractivity contribution < 1.29 is 9.47 Å². The van der Waals surface area contributed by atoms with Gasteiger partial charge in [-0.15, -0.1) is 0 Å². The maximum Gasteiger partial charge on any atom is 0.161 e. The SMILES string of the molecule is CCn1ccnc1CN1CCCC(N2CCc3cc(OC)c(OC)cc3C2)C1. The highest BCUT2D eigenvalue weighted by atomic mass is 16.5. The van der Waals surface area contributed by atoms with Crippen LogP contribution in [0.15, 0.2) is 24.5 Å². The zero-order chi connectivity index (χ0) is 19.5. The van der Waals surface area contributed by atoms with Crippen molar-refractivity contribution in [2.45, 2.75) is 51.9 Å². The predicted octanol–water partition coefficient (Wildman–Crippen LogP) is 2.94. The number of piperidine rings is 1. The first-order chi connectivity index (χ1) is 13.7. The van der Waals surface area contributed by atoms with E-state index in [1.54, 1.807) is 14.2 Å². The third kappa shape index (κ3) is 3.89. The van der Waals surface area contributed by atoms with Gasteiger partial charge in [-0.3, -0.25) is 9.80 Å². The summed E-state index contributed by atoms with van der Waals surface area (Å²) in [5.74, 6) is 2.86. The molecule has 0 aliphatic carbocycles. The molecule has 0 spiro atoms. The van der Waals surface area contributed by atoms with Gasteiger partial charge in [-0.1, -0.05) is 0 Å². The van der Waals surface area contributed by atoms with Crippen LogP contribution >= 0.6 is 0 Å². The van der Waals surface area contributed by atoms with Crippen LogP contribution in [0.2, 0.25) is 0 Å². The molecule has 6 heteroatoms. The first-order valence-corrected chi connectivity index (χ1v) is 10.4. The summed E-state index contributed by atoms with van der Waals surface area (Å²) in [5.41, 5.74) is 2.77. The normalized spacial score (nSPS) is 20.8. The van der Waals surface area contributed by atoms with Crippen LogP contribution in [-0.2, 0) is 26.1 Å². The number of nitrogens with zero attached hydrogens (tertiary/aromatic N) is 4. The van der Waals surface area contributed by atoms with Crippen molar-refractivity contribution >= 4 is 0 Å². The van der Waals surface area contributed by atoms with Crippen molar-refractivity contribution in [1.29, 1.82) is 0 Å². The number of imidazole rings is 1. The van der Waals surface area contributed by atoms with Crippen LogP contribution in [0, 0.1) is 0 Å². The second kappa shape index (κ2) is 8.53. The Bertz CT molecular complexity index is 804. The molecule has 2 aliphatic heterocycles. The van der Waals surface area contributed by atoms with E-state index < -0.39 is 0 Å². The summed E-state index contributed by atoms with van der Waals surface area (Å²) in [6.45, 7) is 8.52. The molecule has 152 valence electrons. The van der Waals surface area contributed by atoms with Crippen LogP contribution in [0.4, 0.5) is 0 Å². The molecule has 0 radical (unpaired) electrons. The maximum atomic E-state index is 5.52. The van der Waals surface area contributed by atoms with E-state index in [0.29, 0.717) is 6.04 Å². The molecular weight excluding hydrogens is 352 g/mol. The zero-order valence-corrected chi connectivity index (χ0v) is 17.4. The fraction of sp³-hybridized carbons (Fsp3) is 0.591. The van der Waals surface area contributed by atoms with Crippen LogP contribution in [0.3, 0.4) is 0 Å². The predicted molar refractivity (Wildman–Crippen MR) is 110 cm³/mol. The molecule has 6 nitrogen and oxygen atoms in total. The van der Waals surface area contributed by atoms with Gasteiger partial charge in [0.25, 0.3) is 0 Å². The van der Waals surface area contributed by atoms with E-state index in [2.05, 4.69) is 44.6 Å². The molecule has 28 heavy (non-hydrogen) atoms. The molecule has 2 aliphatic rings. The Morgan fingerprint density at radius 2 is 1.89 bits per heavy atom. The van der Waals surface area contributed by atoms with Crippen molar-refractivity contribution in [2.75, 3.05) is 33.9 Å². The highest BCUT2D eigenvalue weighted by molar-refractivity contribution is 5.48. The van der Waals surface area contributed by atoms with Gasteiger partial charge >= 0.3 is 0 Å². The van der Waals surface area contributed by atoms with Crippen molar-refractivity contribution in [3.63, 3.8) is 0 Å². The summed E-state index contributed by atoms with van der Waals surface area (Å²) in [7, 11) is 3.42. The van der Waals surface area contributed by atoms with Crippen LogP contribution in [0.1, 0.15) is 36.7 Å². The average molecular weight is 385 g/mol. The van der Waals surface area contributed by atoms with Crippen LogP contribution < -0.4 is 9.47 Å². The van der Waals surface area contributed by atoms with Crippen molar-refractivity contribution in [3.8, 4) is 11.5 Å². The summed E-state index contributed by atoms with van der Waals surface area (Å²) < 4.78 is 13.2. The smallest absolute Gasteiger partial charge is 0.161 e. The molecule has 1 aromatic heterocycles. The molecule has 2 aromatic rings. The Morgan fingerprint density at radius 3 is 2.64 bits per heavy atom. The van der Waals surface area contributed by atoms with Crippen LogP contribution in [0.5, 0.6) is 11.5 Å². The highest BCUT2D eigenvalue weighted by Gasteiger charge is 2.29. The van der Waals surface area contributed by atoms with Crippen molar-refractivity contribution in [1.82, 2.24) is 19.4 Å². The molecular formula is C22H32N4O2. The minimum Gasteiger partial charge on any atom is -0.493 e. The Balaban J connectivity index is 1.43. The van der Waals surface area contributed by atoms with E-state index in [1.807, 2.05) is 6.20 Å². The van der Waals surface area contributed by atoms with Gasteiger partial charge in [0.05, 0.1) is 20.8 Å². The molecule has 0 bridgehead atoms. The molecule has 3 heterocycles. The Labute approximate surface area is 168 Å². The van der Waals surface area contributed by atoms with Gasteiger partial charge < -0.3 is 14.0 Å². The van der Waals surface area contributed by atoms with E-state index in [9.17, 15) is 0 Å². The molecule has 1 unspecified atom stereocenters. The first-order valence-electron chi connectivity index (χ1n) is 10.4. The van der Waals surface area contributed by atoms with Gasteiger partial charge in [-0.25, -0.2) is 4.98 Å². The zero-order valence-electron chi connectivity index (χ0n) is 17.4. The summed E-state index contributed by atoms with van der Waals surface area (Å²) in [6, 6.07) is 4.93. The molecule has 0 N–H and O–H groups in total. The van der Waals surface area contributed by atoms with Crippen LogP contribution in [0.25, 0.3) is 0 Å². The molecule has 1 saturated heterocycles. The van der Waals surface area contributed by atoms with E-state index in [4.69, 9.17) is 9.47 Å². The van der Waals surface area contributed by atoms with Gasteiger partial charge in [0.15, 0.2) is 11.5 Å². The number of aromatic nitrogens is 2. The number of likely N-dealkylation sites (tertiary alicyclic amines) is 1. The quantitative estimate of drug-likeness (QED) is 0.766. The third-order valence-electron chi connectivity index (χ3n) is 6.25. The van der Waals surface area contributed by atoms with E-state index in [-0.39, 0.29) is 0 Å². The second-order valence-corrected chi connectivity index (χ2v) is 7.86. The van der Waals surface area contributed by atoms with Crippen LogP contribution in [-0.4, -0.2) is 59.2 Å². The molecule has 0 amide bonds. The lowest BCUT2D eigenvalue weighted by Crippen LogP contribution is -2.49. The van der Waals surface area contributed by atoms with Gasteiger partial charge in [-0.2, -0.15) is 0 Å². The number of aryl methyl sites for hydroxylation is 1. The van der Waals surface area contributed by atoms with Gasteiger partial charge in [0.2, 0.25) is 0 Å². The Hall–Kier alpha value is -2.05. The lowest BCUT2D eigenvalue weighted by molar-refractivity contribution is 0.0818. The molecule has 1 atom stereocenters. The van der Waals surface area contributed by atoms with Gasteiger partial charge in [0.1, 0.15) is 5.82 Å².